The van der Waals surface area contributed by atoms with Crippen LogP contribution in [-0.4, -0.2) is 5.11 Å². The second kappa shape index (κ2) is 6.72. The number of rotatable bonds is 3. The molecule has 3 nitrogen and oxygen atoms in total. The van der Waals surface area contributed by atoms with Gasteiger partial charge in [0, 0.05) is 10.2 Å². The van der Waals surface area contributed by atoms with Crippen molar-refractivity contribution in [2.45, 2.75) is 13.8 Å². The third kappa shape index (κ3) is 4.21. The topological polar surface area (TPSA) is 36.1 Å². The number of nitrogens with one attached hydrogen (secondary N) is 3. The SMILES string of the molecule is Cc1ccc(C)c(NC(=S)NNc2cccc(Br)c2)c1. The predicted molar refractivity (Wildman–Crippen MR) is 93.0 cm³/mol. The molecular formula is C15H16BrN3S. The van der Waals surface area contributed by atoms with Crippen LogP contribution in [-0.2, 0) is 0 Å². The van der Waals surface area contributed by atoms with E-state index >= 15 is 0 Å². The standard InChI is InChI=1S/C15H16BrN3S/c1-10-6-7-11(2)14(8-10)17-15(20)19-18-13-5-3-4-12(16)9-13/h3-9,18H,1-2H3,(H2,17,19,20). The van der Waals surface area contributed by atoms with Crippen LogP contribution in [0.4, 0.5) is 11.4 Å². The van der Waals surface area contributed by atoms with Crippen molar-refractivity contribution in [3.05, 3.63) is 58.1 Å². The van der Waals surface area contributed by atoms with Crippen LogP contribution >= 0.6 is 28.1 Å². The minimum absolute atomic E-state index is 0.527. The lowest BCUT2D eigenvalue weighted by Gasteiger charge is -2.14. The zero-order valence-corrected chi connectivity index (χ0v) is 13.7. The Morgan fingerprint density at radius 3 is 2.65 bits per heavy atom. The molecule has 0 heterocycles. The van der Waals surface area contributed by atoms with Crippen molar-refractivity contribution >= 4 is 44.6 Å². The fourth-order valence-corrected chi connectivity index (χ4v) is 2.28. The first kappa shape index (κ1) is 14.8. The first-order valence-electron chi connectivity index (χ1n) is 6.20. The number of hydrogen-bond acceptors (Lipinski definition) is 2. The zero-order chi connectivity index (χ0) is 14.5. The maximum absolute atomic E-state index is 5.27. The van der Waals surface area contributed by atoms with Crippen LogP contribution in [0.25, 0.3) is 0 Å². The minimum atomic E-state index is 0.527. The van der Waals surface area contributed by atoms with Crippen molar-refractivity contribution in [3.63, 3.8) is 0 Å². The van der Waals surface area contributed by atoms with Crippen LogP contribution in [0.1, 0.15) is 11.1 Å². The van der Waals surface area contributed by atoms with E-state index in [9.17, 15) is 0 Å². The summed E-state index contributed by atoms with van der Waals surface area (Å²) in [6.45, 7) is 4.10. The molecule has 0 unspecified atom stereocenters. The van der Waals surface area contributed by atoms with E-state index in [0.29, 0.717) is 5.11 Å². The van der Waals surface area contributed by atoms with Crippen LogP contribution in [0.3, 0.4) is 0 Å². The van der Waals surface area contributed by atoms with Crippen LogP contribution in [0, 0.1) is 13.8 Å². The smallest absolute Gasteiger partial charge is 0.189 e. The van der Waals surface area contributed by atoms with Gasteiger partial charge in [-0.05, 0) is 61.5 Å². The van der Waals surface area contributed by atoms with E-state index in [1.54, 1.807) is 0 Å². The molecule has 2 rings (SSSR count). The summed E-state index contributed by atoms with van der Waals surface area (Å²) in [5.41, 5.74) is 10.3. The number of aryl methyl sites for hydroxylation is 2. The summed E-state index contributed by atoms with van der Waals surface area (Å²) in [6.07, 6.45) is 0. The van der Waals surface area contributed by atoms with Crippen LogP contribution in [0.5, 0.6) is 0 Å². The molecule has 104 valence electrons. The van der Waals surface area contributed by atoms with Gasteiger partial charge >= 0.3 is 0 Å². The van der Waals surface area contributed by atoms with Crippen LogP contribution in [0.15, 0.2) is 46.9 Å². The molecule has 0 aliphatic carbocycles. The molecule has 3 N–H and O–H groups in total. The maximum atomic E-state index is 5.27. The highest BCUT2D eigenvalue weighted by molar-refractivity contribution is 9.10. The molecule has 0 saturated heterocycles. The molecular weight excluding hydrogens is 334 g/mol. The highest BCUT2D eigenvalue weighted by Crippen LogP contribution is 2.17. The third-order valence-electron chi connectivity index (χ3n) is 2.79. The quantitative estimate of drug-likeness (QED) is 0.567. The van der Waals surface area contributed by atoms with Crippen molar-refractivity contribution in [2.75, 3.05) is 10.7 Å². The highest BCUT2D eigenvalue weighted by atomic mass is 79.9. The van der Waals surface area contributed by atoms with Gasteiger partial charge < -0.3 is 5.32 Å². The lowest BCUT2D eigenvalue weighted by atomic mass is 10.1. The Balaban J connectivity index is 1.94. The predicted octanol–water partition coefficient (Wildman–Crippen LogP) is 4.38. The highest BCUT2D eigenvalue weighted by Gasteiger charge is 2.01. The van der Waals surface area contributed by atoms with Gasteiger partial charge in [-0.2, -0.15) is 0 Å². The molecule has 0 bridgehead atoms. The minimum Gasteiger partial charge on any atom is -0.331 e. The molecule has 2 aromatic rings. The van der Waals surface area contributed by atoms with Crippen LogP contribution in [0.2, 0.25) is 0 Å². The summed E-state index contributed by atoms with van der Waals surface area (Å²) in [4.78, 5) is 0. The lowest BCUT2D eigenvalue weighted by Crippen LogP contribution is -2.33. The first-order chi connectivity index (χ1) is 9.54. The van der Waals surface area contributed by atoms with Gasteiger partial charge in [-0.3, -0.25) is 10.9 Å². The maximum Gasteiger partial charge on any atom is 0.189 e. The van der Waals surface area contributed by atoms with E-state index in [1.807, 2.05) is 31.2 Å². The summed E-state index contributed by atoms with van der Waals surface area (Å²) in [7, 11) is 0. The van der Waals surface area contributed by atoms with E-state index in [4.69, 9.17) is 12.2 Å². The second-order valence-corrected chi connectivity index (χ2v) is 5.86. The number of hydrazine groups is 1. The number of benzene rings is 2. The molecule has 0 amide bonds. The van der Waals surface area contributed by atoms with Gasteiger partial charge in [0.15, 0.2) is 5.11 Å². The monoisotopic (exact) mass is 349 g/mol. The fraction of sp³-hybridized carbons (Fsp3) is 0.133. The molecule has 0 fully saturated rings. The van der Waals surface area contributed by atoms with E-state index in [0.717, 1.165) is 21.4 Å². The zero-order valence-electron chi connectivity index (χ0n) is 11.3. The van der Waals surface area contributed by atoms with E-state index in [-0.39, 0.29) is 0 Å². The molecule has 20 heavy (non-hydrogen) atoms. The van der Waals surface area contributed by atoms with Crippen molar-refractivity contribution < 1.29 is 0 Å². The van der Waals surface area contributed by atoms with Gasteiger partial charge in [0.2, 0.25) is 0 Å². The van der Waals surface area contributed by atoms with Gasteiger partial charge in [-0.15, -0.1) is 0 Å². The van der Waals surface area contributed by atoms with Gasteiger partial charge in [0.25, 0.3) is 0 Å². The van der Waals surface area contributed by atoms with Gasteiger partial charge in [-0.25, -0.2) is 0 Å². The molecule has 0 radical (unpaired) electrons. The average molecular weight is 350 g/mol. The van der Waals surface area contributed by atoms with Crippen molar-refractivity contribution in [1.82, 2.24) is 5.43 Å². The molecule has 0 atom stereocenters. The second-order valence-electron chi connectivity index (χ2n) is 4.53. The normalized spacial score (nSPS) is 9.95. The largest absolute Gasteiger partial charge is 0.331 e. The van der Waals surface area contributed by atoms with Crippen LogP contribution < -0.4 is 16.2 Å². The molecule has 2 aromatic carbocycles. The number of hydrogen-bond donors (Lipinski definition) is 3. The lowest BCUT2D eigenvalue weighted by molar-refractivity contribution is 1.14. The fourth-order valence-electron chi connectivity index (χ4n) is 1.72. The summed E-state index contributed by atoms with van der Waals surface area (Å²) >= 11 is 8.70. The Morgan fingerprint density at radius 1 is 1.10 bits per heavy atom. The molecule has 0 aliphatic rings. The average Bonchev–Trinajstić information content (AvgIpc) is 2.41. The Labute approximate surface area is 132 Å². The van der Waals surface area contributed by atoms with Crippen molar-refractivity contribution in [2.24, 2.45) is 0 Å². The Morgan fingerprint density at radius 2 is 1.90 bits per heavy atom. The number of anilines is 2. The molecule has 0 aromatic heterocycles. The number of halogens is 1. The van der Waals surface area contributed by atoms with Crippen molar-refractivity contribution in [1.29, 1.82) is 0 Å². The van der Waals surface area contributed by atoms with E-state index in [2.05, 4.69) is 57.2 Å². The van der Waals surface area contributed by atoms with E-state index < -0.39 is 0 Å². The van der Waals surface area contributed by atoms with Crippen molar-refractivity contribution in [3.8, 4) is 0 Å². The van der Waals surface area contributed by atoms with E-state index in [1.165, 1.54) is 5.56 Å². The summed E-state index contributed by atoms with van der Waals surface area (Å²) in [6, 6.07) is 14.1. The first-order valence-corrected chi connectivity index (χ1v) is 7.40. The number of thiocarbonyl (C=S) groups is 1. The summed E-state index contributed by atoms with van der Waals surface area (Å²) < 4.78 is 1.01. The summed E-state index contributed by atoms with van der Waals surface area (Å²) in [5, 5.41) is 3.71. The third-order valence-corrected chi connectivity index (χ3v) is 3.48. The Hall–Kier alpha value is -1.59. The Kier molecular flexibility index (Phi) is 4.98. The van der Waals surface area contributed by atoms with Gasteiger partial charge in [0.1, 0.15) is 0 Å². The van der Waals surface area contributed by atoms with Gasteiger partial charge in [-0.1, -0.05) is 34.1 Å². The molecule has 0 saturated carbocycles. The molecule has 5 heteroatoms. The molecule has 0 aliphatic heterocycles. The summed E-state index contributed by atoms with van der Waals surface area (Å²) in [5.74, 6) is 0. The Bertz CT molecular complexity index is 628. The van der Waals surface area contributed by atoms with Gasteiger partial charge in [0.05, 0.1) is 5.69 Å². The molecule has 0 spiro atoms.